The molecule has 0 aromatic heterocycles. The van der Waals surface area contributed by atoms with E-state index >= 15 is 0 Å². The van der Waals surface area contributed by atoms with Gasteiger partial charge in [-0.25, -0.2) is 17.2 Å². The van der Waals surface area contributed by atoms with Crippen LogP contribution in [0, 0.1) is 11.6 Å². The SMILES string of the molecule is CCN(C1CCNC1)S(=O)(=O)c1ccc(F)c(F)c1. The highest BCUT2D eigenvalue weighted by molar-refractivity contribution is 7.89. The van der Waals surface area contributed by atoms with Crippen molar-refractivity contribution in [1.82, 2.24) is 9.62 Å². The minimum atomic E-state index is -3.79. The summed E-state index contributed by atoms with van der Waals surface area (Å²) in [6.07, 6.45) is 0.719. The fraction of sp³-hybridized carbons (Fsp3) is 0.500. The Kier molecular flexibility index (Phi) is 4.17. The lowest BCUT2D eigenvalue weighted by atomic mass is 10.3. The van der Waals surface area contributed by atoms with E-state index in [1.807, 2.05) is 0 Å². The molecule has 1 aliphatic heterocycles. The molecule has 0 radical (unpaired) electrons. The van der Waals surface area contributed by atoms with Crippen molar-refractivity contribution in [3.8, 4) is 0 Å². The van der Waals surface area contributed by atoms with E-state index in [1.54, 1.807) is 6.92 Å². The van der Waals surface area contributed by atoms with Crippen molar-refractivity contribution < 1.29 is 17.2 Å². The smallest absolute Gasteiger partial charge is 0.243 e. The Balaban J connectivity index is 2.36. The maximum Gasteiger partial charge on any atom is 0.243 e. The summed E-state index contributed by atoms with van der Waals surface area (Å²) in [4.78, 5) is -0.208. The van der Waals surface area contributed by atoms with Crippen molar-refractivity contribution in [3.63, 3.8) is 0 Å². The molecule has 0 saturated carbocycles. The fourth-order valence-electron chi connectivity index (χ4n) is 2.28. The highest BCUT2D eigenvalue weighted by Gasteiger charge is 2.32. The van der Waals surface area contributed by atoms with Crippen LogP contribution < -0.4 is 5.32 Å². The van der Waals surface area contributed by atoms with E-state index in [2.05, 4.69) is 5.32 Å². The Morgan fingerprint density at radius 3 is 2.63 bits per heavy atom. The van der Waals surface area contributed by atoms with Gasteiger partial charge >= 0.3 is 0 Å². The number of benzene rings is 1. The highest BCUT2D eigenvalue weighted by atomic mass is 32.2. The Morgan fingerprint density at radius 2 is 2.11 bits per heavy atom. The molecule has 2 rings (SSSR count). The molecule has 1 fully saturated rings. The molecule has 1 saturated heterocycles. The van der Waals surface area contributed by atoms with Crippen molar-refractivity contribution in [3.05, 3.63) is 29.8 Å². The Bertz CT molecular complexity index is 557. The third kappa shape index (κ3) is 2.77. The Morgan fingerprint density at radius 1 is 1.37 bits per heavy atom. The fourth-order valence-corrected chi connectivity index (χ4v) is 3.96. The van der Waals surface area contributed by atoms with Crippen LogP contribution >= 0.6 is 0 Å². The minimum absolute atomic E-state index is 0.136. The van der Waals surface area contributed by atoms with Crippen molar-refractivity contribution in [2.75, 3.05) is 19.6 Å². The van der Waals surface area contributed by atoms with E-state index in [-0.39, 0.29) is 10.9 Å². The van der Waals surface area contributed by atoms with Gasteiger partial charge in [-0.15, -0.1) is 0 Å². The van der Waals surface area contributed by atoms with Crippen LogP contribution in [0.4, 0.5) is 8.78 Å². The zero-order chi connectivity index (χ0) is 14.0. The highest BCUT2D eigenvalue weighted by Crippen LogP contribution is 2.22. The van der Waals surface area contributed by atoms with Gasteiger partial charge in [0.25, 0.3) is 0 Å². The average Bonchev–Trinajstić information content (AvgIpc) is 2.86. The molecule has 1 unspecified atom stereocenters. The van der Waals surface area contributed by atoms with Crippen LogP contribution in [0.1, 0.15) is 13.3 Å². The maximum atomic E-state index is 13.2. The molecule has 1 aromatic rings. The molecule has 0 spiro atoms. The standard InChI is InChI=1S/C12H16F2N2O2S/c1-2-16(9-5-6-15-8-9)19(17,18)10-3-4-11(13)12(14)7-10/h3-4,7,9,15H,2,5-6,8H2,1H3. The third-order valence-electron chi connectivity index (χ3n) is 3.25. The number of rotatable bonds is 4. The summed E-state index contributed by atoms with van der Waals surface area (Å²) >= 11 is 0. The molecule has 4 nitrogen and oxygen atoms in total. The van der Waals surface area contributed by atoms with Gasteiger partial charge in [0.05, 0.1) is 4.90 Å². The van der Waals surface area contributed by atoms with E-state index in [1.165, 1.54) is 4.31 Å². The monoisotopic (exact) mass is 290 g/mol. The first-order valence-electron chi connectivity index (χ1n) is 6.14. The van der Waals surface area contributed by atoms with Crippen LogP contribution in [-0.4, -0.2) is 38.4 Å². The largest absolute Gasteiger partial charge is 0.315 e. The first-order valence-corrected chi connectivity index (χ1v) is 7.58. The molecule has 1 aliphatic rings. The summed E-state index contributed by atoms with van der Waals surface area (Å²) < 4.78 is 52.2. The molecule has 1 N–H and O–H groups in total. The number of nitrogens with zero attached hydrogens (tertiary/aromatic N) is 1. The number of nitrogens with one attached hydrogen (secondary N) is 1. The molecule has 1 atom stereocenters. The number of hydrogen-bond acceptors (Lipinski definition) is 3. The molecule has 19 heavy (non-hydrogen) atoms. The molecule has 106 valence electrons. The zero-order valence-corrected chi connectivity index (χ0v) is 11.4. The van der Waals surface area contributed by atoms with Gasteiger partial charge in [-0.1, -0.05) is 6.92 Å². The molecule has 7 heteroatoms. The molecule has 0 bridgehead atoms. The number of hydrogen-bond donors (Lipinski definition) is 1. The predicted molar refractivity (Wildman–Crippen MR) is 67.2 cm³/mol. The summed E-state index contributed by atoms with van der Waals surface area (Å²) in [5.74, 6) is -2.20. The van der Waals surface area contributed by atoms with Crippen LogP contribution in [0.15, 0.2) is 23.1 Å². The molecular weight excluding hydrogens is 274 g/mol. The van der Waals surface area contributed by atoms with E-state index < -0.39 is 21.7 Å². The van der Waals surface area contributed by atoms with Crippen molar-refractivity contribution in [2.24, 2.45) is 0 Å². The minimum Gasteiger partial charge on any atom is -0.315 e. The third-order valence-corrected chi connectivity index (χ3v) is 5.27. The Hall–Kier alpha value is -1.05. The second-order valence-corrected chi connectivity index (χ2v) is 6.32. The van der Waals surface area contributed by atoms with Crippen molar-refractivity contribution >= 4 is 10.0 Å². The van der Waals surface area contributed by atoms with Gasteiger partial charge in [0.1, 0.15) is 0 Å². The molecule has 0 aliphatic carbocycles. The second kappa shape index (κ2) is 5.52. The predicted octanol–water partition coefficient (Wildman–Crippen LogP) is 1.34. The van der Waals surface area contributed by atoms with Gasteiger partial charge in [-0.3, -0.25) is 0 Å². The quantitative estimate of drug-likeness (QED) is 0.910. The molecule has 1 aromatic carbocycles. The zero-order valence-electron chi connectivity index (χ0n) is 10.6. The van der Waals surface area contributed by atoms with Crippen molar-refractivity contribution in [2.45, 2.75) is 24.3 Å². The maximum absolute atomic E-state index is 13.2. The number of halogens is 2. The summed E-state index contributed by atoms with van der Waals surface area (Å²) in [6, 6.07) is 2.53. The van der Waals surface area contributed by atoms with Crippen LogP contribution in [0.25, 0.3) is 0 Å². The van der Waals surface area contributed by atoms with Crippen LogP contribution in [0.2, 0.25) is 0 Å². The molecular formula is C12H16F2N2O2S. The summed E-state index contributed by atoms with van der Waals surface area (Å²) in [6.45, 7) is 3.37. The Labute approximate surface area is 111 Å². The van der Waals surface area contributed by atoms with Crippen LogP contribution in [-0.2, 0) is 10.0 Å². The van der Waals surface area contributed by atoms with Gasteiger partial charge in [0, 0.05) is 19.1 Å². The summed E-state index contributed by atoms with van der Waals surface area (Å²) in [5, 5.41) is 3.09. The number of sulfonamides is 1. The normalized spacial score (nSPS) is 20.1. The lowest BCUT2D eigenvalue weighted by Gasteiger charge is -2.26. The van der Waals surface area contributed by atoms with Gasteiger partial charge in [-0.05, 0) is 31.2 Å². The van der Waals surface area contributed by atoms with Crippen molar-refractivity contribution in [1.29, 1.82) is 0 Å². The average molecular weight is 290 g/mol. The molecule has 0 amide bonds. The lowest BCUT2D eigenvalue weighted by molar-refractivity contribution is 0.348. The molecule has 1 heterocycles. The van der Waals surface area contributed by atoms with Gasteiger partial charge in [0.15, 0.2) is 11.6 Å². The van der Waals surface area contributed by atoms with E-state index in [0.29, 0.717) is 13.1 Å². The van der Waals surface area contributed by atoms with E-state index in [4.69, 9.17) is 0 Å². The van der Waals surface area contributed by atoms with Crippen LogP contribution in [0.5, 0.6) is 0 Å². The topological polar surface area (TPSA) is 49.4 Å². The van der Waals surface area contributed by atoms with Gasteiger partial charge < -0.3 is 5.32 Å². The summed E-state index contributed by atoms with van der Waals surface area (Å²) in [5.41, 5.74) is 0. The van der Waals surface area contributed by atoms with E-state index in [0.717, 1.165) is 31.2 Å². The number of likely N-dealkylation sites (N-methyl/N-ethyl adjacent to an activating group) is 1. The first kappa shape index (κ1) is 14.4. The van der Waals surface area contributed by atoms with Gasteiger partial charge in [-0.2, -0.15) is 4.31 Å². The second-order valence-electron chi connectivity index (χ2n) is 4.43. The van der Waals surface area contributed by atoms with Gasteiger partial charge in [0.2, 0.25) is 10.0 Å². The van der Waals surface area contributed by atoms with Crippen LogP contribution in [0.3, 0.4) is 0 Å². The lowest BCUT2D eigenvalue weighted by Crippen LogP contribution is -2.41. The first-order chi connectivity index (χ1) is 8.96. The summed E-state index contributed by atoms with van der Waals surface area (Å²) in [7, 11) is -3.79. The van der Waals surface area contributed by atoms with E-state index in [9.17, 15) is 17.2 Å².